The Morgan fingerprint density at radius 2 is 2.00 bits per heavy atom. The Balaban J connectivity index is 1.99. The number of methoxy groups -OCH3 is 1. The Kier molecular flexibility index (Phi) is 5.58. The summed E-state index contributed by atoms with van der Waals surface area (Å²) in [4.78, 5) is 6.68. The van der Waals surface area contributed by atoms with E-state index in [1.54, 1.807) is 13.2 Å². The van der Waals surface area contributed by atoms with E-state index in [1.807, 2.05) is 45.4 Å². The number of nitrogens with one attached hydrogen (secondary N) is 1. The van der Waals surface area contributed by atoms with Crippen molar-refractivity contribution in [1.82, 2.24) is 9.88 Å². The molecular weight excluding hydrogens is 336 g/mol. The summed E-state index contributed by atoms with van der Waals surface area (Å²) < 4.78 is 5.34. The molecule has 2 aromatic carbocycles. The zero-order valence-electron chi connectivity index (χ0n) is 16.2. The molecule has 0 saturated carbocycles. The van der Waals surface area contributed by atoms with Crippen LogP contribution in [0.15, 0.2) is 42.6 Å². The summed E-state index contributed by atoms with van der Waals surface area (Å²) in [7, 11) is 5.75. The van der Waals surface area contributed by atoms with E-state index in [0.29, 0.717) is 12.1 Å². The second-order valence-electron chi connectivity index (χ2n) is 6.90. The van der Waals surface area contributed by atoms with Gasteiger partial charge in [-0.05, 0) is 56.4 Å². The number of rotatable bonds is 6. The Morgan fingerprint density at radius 3 is 2.67 bits per heavy atom. The van der Waals surface area contributed by atoms with Crippen LogP contribution in [0.2, 0.25) is 0 Å². The van der Waals surface area contributed by atoms with Gasteiger partial charge in [0, 0.05) is 35.9 Å². The lowest BCUT2D eigenvalue weighted by Crippen LogP contribution is -2.13. The van der Waals surface area contributed by atoms with Crippen LogP contribution >= 0.6 is 0 Å². The number of aromatic nitrogens is 1. The molecule has 0 atom stereocenters. The van der Waals surface area contributed by atoms with Gasteiger partial charge in [-0.25, -0.2) is 0 Å². The molecule has 0 aliphatic rings. The molecule has 0 aliphatic carbocycles. The van der Waals surface area contributed by atoms with Gasteiger partial charge in [0.1, 0.15) is 5.75 Å². The van der Waals surface area contributed by atoms with Crippen molar-refractivity contribution in [2.45, 2.75) is 20.0 Å². The number of benzene rings is 2. The third-order valence-corrected chi connectivity index (χ3v) is 4.49. The van der Waals surface area contributed by atoms with Crippen molar-refractivity contribution in [3.63, 3.8) is 0 Å². The van der Waals surface area contributed by atoms with Gasteiger partial charge in [-0.3, -0.25) is 4.98 Å². The molecule has 1 N–H and O–H groups in total. The van der Waals surface area contributed by atoms with Crippen LogP contribution in [0.25, 0.3) is 10.9 Å². The van der Waals surface area contributed by atoms with E-state index in [9.17, 15) is 5.26 Å². The molecule has 1 heterocycles. The van der Waals surface area contributed by atoms with E-state index < -0.39 is 0 Å². The number of ether oxygens (including phenoxy) is 1. The van der Waals surface area contributed by atoms with Gasteiger partial charge in [0.15, 0.2) is 0 Å². The van der Waals surface area contributed by atoms with Gasteiger partial charge < -0.3 is 15.0 Å². The molecule has 0 spiro atoms. The van der Waals surface area contributed by atoms with E-state index in [1.165, 1.54) is 5.56 Å². The van der Waals surface area contributed by atoms with Crippen LogP contribution in [-0.2, 0) is 13.1 Å². The summed E-state index contributed by atoms with van der Waals surface area (Å²) in [5.74, 6) is 0.889. The fourth-order valence-corrected chi connectivity index (χ4v) is 3.21. The number of fused-ring (bicyclic) bond motifs is 1. The van der Waals surface area contributed by atoms with Gasteiger partial charge >= 0.3 is 0 Å². The monoisotopic (exact) mass is 360 g/mol. The van der Waals surface area contributed by atoms with Gasteiger partial charge in [-0.2, -0.15) is 5.26 Å². The lowest BCUT2D eigenvalue weighted by atomic mass is 10.1. The standard InChI is InChI=1S/C22H24N4O/c1-15-9-17(6-8-21(15)27-4)12-25-22-18(14-26(2)3)13-24-20-7-5-16(11-23)10-19(20)22/h5-10,13H,12,14H2,1-4H3,(H,24,25). The maximum absolute atomic E-state index is 9.28. The van der Waals surface area contributed by atoms with Crippen LogP contribution in [0, 0.1) is 18.3 Å². The molecular formula is C22H24N4O. The molecule has 0 radical (unpaired) electrons. The quantitative estimate of drug-likeness (QED) is 0.717. The van der Waals surface area contributed by atoms with E-state index in [-0.39, 0.29) is 0 Å². The van der Waals surface area contributed by atoms with Gasteiger partial charge in [0.2, 0.25) is 0 Å². The van der Waals surface area contributed by atoms with Crippen molar-refractivity contribution in [3.8, 4) is 11.8 Å². The van der Waals surface area contributed by atoms with Crippen molar-refractivity contribution < 1.29 is 4.74 Å². The van der Waals surface area contributed by atoms with Crippen molar-refractivity contribution >= 4 is 16.6 Å². The third-order valence-electron chi connectivity index (χ3n) is 4.49. The van der Waals surface area contributed by atoms with Crippen LogP contribution in [-0.4, -0.2) is 31.1 Å². The molecule has 0 unspecified atom stereocenters. The molecule has 0 bridgehead atoms. The van der Waals surface area contributed by atoms with Crippen molar-refractivity contribution in [2.75, 3.05) is 26.5 Å². The minimum absolute atomic E-state index is 0.634. The number of nitrogens with zero attached hydrogens (tertiary/aromatic N) is 3. The molecule has 0 fully saturated rings. The zero-order chi connectivity index (χ0) is 19.4. The Hall–Kier alpha value is -3.10. The Bertz CT molecular complexity index is 1010. The second kappa shape index (κ2) is 8.07. The lowest BCUT2D eigenvalue weighted by molar-refractivity contribution is 0.402. The molecule has 0 saturated heterocycles. The fraction of sp³-hybridized carbons (Fsp3) is 0.273. The molecule has 27 heavy (non-hydrogen) atoms. The molecule has 5 nitrogen and oxygen atoms in total. The average Bonchev–Trinajstić information content (AvgIpc) is 2.66. The molecule has 5 heteroatoms. The maximum Gasteiger partial charge on any atom is 0.121 e. The minimum atomic E-state index is 0.634. The lowest BCUT2D eigenvalue weighted by Gasteiger charge is -2.18. The number of anilines is 1. The average molecular weight is 360 g/mol. The fourth-order valence-electron chi connectivity index (χ4n) is 3.21. The highest BCUT2D eigenvalue weighted by Gasteiger charge is 2.11. The molecule has 0 aliphatic heterocycles. The number of nitriles is 1. The first kappa shape index (κ1) is 18.7. The topological polar surface area (TPSA) is 61.2 Å². The largest absolute Gasteiger partial charge is 0.496 e. The second-order valence-corrected chi connectivity index (χ2v) is 6.90. The highest BCUT2D eigenvalue weighted by Crippen LogP contribution is 2.29. The minimum Gasteiger partial charge on any atom is -0.496 e. The van der Waals surface area contributed by atoms with Gasteiger partial charge in [-0.1, -0.05) is 12.1 Å². The smallest absolute Gasteiger partial charge is 0.121 e. The van der Waals surface area contributed by atoms with Crippen LogP contribution in [0.1, 0.15) is 22.3 Å². The summed E-state index contributed by atoms with van der Waals surface area (Å²) in [6.45, 7) is 3.49. The van der Waals surface area contributed by atoms with Gasteiger partial charge in [0.25, 0.3) is 0 Å². The highest BCUT2D eigenvalue weighted by molar-refractivity contribution is 5.93. The van der Waals surface area contributed by atoms with E-state index in [0.717, 1.165) is 40.0 Å². The molecule has 0 amide bonds. The van der Waals surface area contributed by atoms with Crippen LogP contribution < -0.4 is 10.1 Å². The number of aryl methyl sites for hydroxylation is 1. The molecule has 3 aromatic rings. The molecule has 3 rings (SSSR count). The molecule has 1 aromatic heterocycles. The Labute approximate surface area is 160 Å². The first-order valence-electron chi connectivity index (χ1n) is 8.85. The summed E-state index contributed by atoms with van der Waals surface area (Å²) in [6.07, 6.45) is 1.91. The number of hydrogen-bond acceptors (Lipinski definition) is 5. The number of hydrogen-bond donors (Lipinski definition) is 1. The van der Waals surface area contributed by atoms with E-state index in [2.05, 4.69) is 33.4 Å². The first-order chi connectivity index (χ1) is 13.0. The predicted octanol–water partition coefficient (Wildman–Crippen LogP) is 4.10. The maximum atomic E-state index is 9.28. The summed E-state index contributed by atoms with van der Waals surface area (Å²) in [5, 5.41) is 13.8. The van der Waals surface area contributed by atoms with Crippen molar-refractivity contribution in [2.24, 2.45) is 0 Å². The molecule has 138 valence electrons. The van der Waals surface area contributed by atoms with E-state index >= 15 is 0 Å². The summed E-state index contributed by atoms with van der Waals surface area (Å²) in [5.41, 5.74) is 5.92. The van der Waals surface area contributed by atoms with Crippen LogP contribution in [0.4, 0.5) is 5.69 Å². The summed E-state index contributed by atoms with van der Waals surface area (Å²) >= 11 is 0. The van der Waals surface area contributed by atoms with Crippen LogP contribution in [0.3, 0.4) is 0 Å². The SMILES string of the molecule is COc1ccc(CNc2c(CN(C)C)cnc3ccc(C#N)cc23)cc1C. The first-order valence-corrected chi connectivity index (χ1v) is 8.85. The highest BCUT2D eigenvalue weighted by atomic mass is 16.5. The summed E-state index contributed by atoms with van der Waals surface area (Å²) in [6, 6.07) is 14.0. The van der Waals surface area contributed by atoms with E-state index in [4.69, 9.17) is 4.74 Å². The van der Waals surface area contributed by atoms with Gasteiger partial charge in [-0.15, -0.1) is 0 Å². The normalized spacial score (nSPS) is 10.8. The van der Waals surface area contributed by atoms with Crippen molar-refractivity contribution in [1.29, 1.82) is 5.26 Å². The van der Waals surface area contributed by atoms with Crippen LogP contribution in [0.5, 0.6) is 5.75 Å². The predicted molar refractivity (Wildman–Crippen MR) is 109 cm³/mol. The van der Waals surface area contributed by atoms with Crippen molar-refractivity contribution in [3.05, 3.63) is 64.8 Å². The number of pyridine rings is 1. The van der Waals surface area contributed by atoms with Gasteiger partial charge in [0.05, 0.1) is 24.3 Å². The zero-order valence-corrected chi connectivity index (χ0v) is 16.2. The Morgan fingerprint density at radius 1 is 1.19 bits per heavy atom. The third kappa shape index (κ3) is 4.18.